The zero-order chi connectivity index (χ0) is 6.15. The van der Waals surface area contributed by atoms with Crippen LogP contribution in [-0.2, 0) is 7.05 Å². The third-order valence-electron chi connectivity index (χ3n) is 0.900. The maximum absolute atomic E-state index is 8.62. The van der Waals surface area contributed by atoms with Gasteiger partial charge in [-0.2, -0.15) is 4.98 Å². The van der Waals surface area contributed by atoms with E-state index in [4.69, 9.17) is 10.8 Å². The van der Waals surface area contributed by atoms with Gasteiger partial charge >= 0.3 is 37.7 Å². The molecule has 0 aliphatic rings. The number of imidazole rings is 1. The molecule has 0 radical (unpaired) electrons. The van der Waals surface area contributed by atoms with Crippen molar-refractivity contribution in [2.24, 2.45) is 7.05 Å². The first kappa shape index (κ1) is 9.07. The monoisotopic (exact) mass is 155 g/mol. The molecule has 9 heavy (non-hydrogen) atoms. The number of anilines is 1. The van der Waals surface area contributed by atoms with Crippen LogP contribution in [0.4, 0.5) is 5.95 Å². The van der Waals surface area contributed by atoms with E-state index in [-0.39, 0.29) is 43.6 Å². The van der Waals surface area contributed by atoms with E-state index in [2.05, 4.69) is 4.98 Å². The third kappa shape index (κ3) is 2.04. The quantitative estimate of drug-likeness (QED) is 0.462. The Morgan fingerprint density at radius 1 is 1.78 bits per heavy atom. The topological polar surface area (TPSA) is 64.1 Å². The predicted octanol–water partition coefficient (Wildman–Crippen LogP) is -1.21. The van der Waals surface area contributed by atoms with Gasteiger partial charge in [-0.25, -0.2) is 0 Å². The number of nitrogens with zero attached hydrogens (tertiary/aromatic N) is 2. The second-order valence-corrected chi connectivity index (χ2v) is 1.57. The van der Waals surface area contributed by atoms with Gasteiger partial charge in [0.05, 0.1) is 6.20 Å². The SMILES string of the molecule is Cn1cc(O)nc1N.[CaH2]. The van der Waals surface area contributed by atoms with Gasteiger partial charge in [-0.3, -0.25) is 0 Å². The molecule has 0 aliphatic carbocycles. The zero-order valence-corrected chi connectivity index (χ0v) is 4.50. The van der Waals surface area contributed by atoms with Gasteiger partial charge in [0.2, 0.25) is 11.8 Å². The van der Waals surface area contributed by atoms with Crippen LogP contribution in [0.15, 0.2) is 6.20 Å². The number of nitrogens with two attached hydrogens (primary N) is 1. The summed E-state index contributed by atoms with van der Waals surface area (Å²) in [4.78, 5) is 3.51. The van der Waals surface area contributed by atoms with Crippen LogP contribution >= 0.6 is 0 Å². The van der Waals surface area contributed by atoms with Crippen LogP contribution in [0, 0.1) is 0 Å². The second-order valence-electron chi connectivity index (χ2n) is 1.57. The second kappa shape index (κ2) is 3.29. The molecule has 0 aliphatic heterocycles. The standard InChI is InChI=1S/C4H7N3O.Ca.2H/c1-7-2-3(8)6-4(7)5;;;/h2,8H,1H3,(H2,5,6);;;. The van der Waals surface area contributed by atoms with Gasteiger partial charge in [-0.05, 0) is 0 Å². The van der Waals surface area contributed by atoms with E-state index in [1.165, 1.54) is 10.8 Å². The Morgan fingerprint density at radius 2 is 2.33 bits per heavy atom. The molecule has 5 heteroatoms. The van der Waals surface area contributed by atoms with Crippen LogP contribution in [0.1, 0.15) is 0 Å². The summed E-state index contributed by atoms with van der Waals surface area (Å²) in [6.07, 6.45) is 1.44. The Labute approximate surface area is 82.7 Å². The van der Waals surface area contributed by atoms with E-state index in [1.54, 1.807) is 7.05 Å². The predicted molar refractivity (Wildman–Crippen MR) is 37.8 cm³/mol. The summed E-state index contributed by atoms with van der Waals surface area (Å²) in [5.41, 5.74) is 5.23. The molecule has 0 amide bonds. The van der Waals surface area contributed by atoms with Crippen LogP contribution in [0.2, 0.25) is 0 Å². The Kier molecular flexibility index (Phi) is 3.32. The number of hydrogen-bond donors (Lipinski definition) is 2. The van der Waals surface area contributed by atoms with Crippen molar-refractivity contribution in [2.45, 2.75) is 0 Å². The molecule has 0 fully saturated rings. The minimum atomic E-state index is -0.0370. The van der Waals surface area contributed by atoms with Gasteiger partial charge < -0.3 is 15.4 Å². The van der Waals surface area contributed by atoms with E-state index in [0.29, 0.717) is 5.95 Å². The summed E-state index contributed by atoms with van der Waals surface area (Å²) < 4.78 is 1.54. The number of aryl methyl sites for hydroxylation is 1. The molecule has 1 aromatic rings. The van der Waals surface area contributed by atoms with E-state index in [1.807, 2.05) is 0 Å². The molecule has 0 saturated carbocycles. The fraction of sp³-hybridized carbons (Fsp3) is 0.250. The summed E-state index contributed by atoms with van der Waals surface area (Å²) in [5, 5.41) is 8.62. The summed E-state index contributed by atoms with van der Waals surface area (Å²) in [6, 6.07) is 0. The van der Waals surface area contributed by atoms with Crippen LogP contribution in [0.5, 0.6) is 5.88 Å². The molecule has 1 aromatic heterocycles. The zero-order valence-electron chi connectivity index (χ0n) is 4.50. The van der Waals surface area contributed by atoms with Crippen molar-refractivity contribution in [1.29, 1.82) is 0 Å². The molecular weight excluding hydrogens is 146 g/mol. The molecule has 0 unspecified atom stereocenters. The van der Waals surface area contributed by atoms with Gasteiger partial charge in [-0.1, -0.05) is 0 Å². The van der Waals surface area contributed by atoms with Crippen molar-refractivity contribution >= 4 is 43.7 Å². The molecule has 1 heterocycles. The molecule has 0 saturated heterocycles. The Balaban J connectivity index is 0.000000640. The molecule has 48 valence electrons. The summed E-state index contributed by atoms with van der Waals surface area (Å²) in [5.74, 6) is 0.285. The Bertz CT molecular complexity index is 178. The van der Waals surface area contributed by atoms with Crippen molar-refractivity contribution in [1.82, 2.24) is 9.55 Å². The van der Waals surface area contributed by atoms with E-state index < -0.39 is 0 Å². The summed E-state index contributed by atoms with van der Waals surface area (Å²) in [7, 11) is 1.71. The normalized spacial score (nSPS) is 8.56. The molecular formula is C4H9CaN3O. The number of nitrogen functional groups attached to an aromatic ring is 1. The van der Waals surface area contributed by atoms with Crippen molar-refractivity contribution in [3.63, 3.8) is 0 Å². The van der Waals surface area contributed by atoms with Gasteiger partial charge in [0, 0.05) is 7.05 Å². The van der Waals surface area contributed by atoms with E-state index in [9.17, 15) is 0 Å². The van der Waals surface area contributed by atoms with Gasteiger partial charge in [-0.15, -0.1) is 0 Å². The number of hydrogen-bond acceptors (Lipinski definition) is 3. The summed E-state index contributed by atoms with van der Waals surface area (Å²) in [6.45, 7) is 0. The molecule has 3 N–H and O–H groups in total. The Morgan fingerprint density at radius 3 is 2.44 bits per heavy atom. The van der Waals surface area contributed by atoms with Crippen LogP contribution in [0.3, 0.4) is 0 Å². The molecule has 0 bridgehead atoms. The van der Waals surface area contributed by atoms with Gasteiger partial charge in [0.1, 0.15) is 0 Å². The maximum atomic E-state index is 8.62. The Hall–Kier alpha value is 0.0697. The summed E-state index contributed by atoms with van der Waals surface area (Å²) >= 11 is 0. The average Bonchev–Trinajstić information content (AvgIpc) is 1.85. The number of aromatic nitrogens is 2. The van der Waals surface area contributed by atoms with Crippen molar-refractivity contribution < 1.29 is 5.11 Å². The van der Waals surface area contributed by atoms with Crippen molar-refractivity contribution in [2.75, 3.05) is 5.73 Å². The third-order valence-corrected chi connectivity index (χ3v) is 0.900. The van der Waals surface area contributed by atoms with Crippen LogP contribution in [-0.4, -0.2) is 52.4 Å². The number of aromatic hydroxyl groups is 1. The molecule has 0 aromatic carbocycles. The van der Waals surface area contributed by atoms with Crippen LogP contribution in [0.25, 0.3) is 0 Å². The fourth-order valence-corrected chi connectivity index (χ4v) is 0.464. The van der Waals surface area contributed by atoms with Gasteiger partial charge in [0.15, 0.2) is 0 Å². The first-order valence-electron chi connectivity index (χ1n) is 2.18. The van der Waals surface area contributed by atoms with Crippen molar-refractivity contribution in [3.8, 4) is 5.88 Å². The molecule has 0 spiro atoms. The first-order chi connectivity index (χ1) is 3.70. The fourth-order valence-electron chi connectivity index (χ4n) is 0.464. The van der Waals surface area contributed by atoms with E-state index >= 15 is 0 Å². The average molecular weight is 155 g/mol. The molecule has 1 rings (SSSR count). The van der Waals surface area contributed by atoms with Crippen LogP contribution < -0.4 is 5.73 Å². The molecule has 4 nitrogen and oxygen atoms in total. The van der Waals surface area contributed by atoms with E-state index in [0.717, 1.165) is 0 Å². The number of rotatable bonds is 0. The minimum absolute atomic E-state index is 0. The first-order valence-corrected chi connectivity index (χ1v) is 2.18. The molecule has 0 atom stereocenters. The van der Waals surface area contributed by atoms with Gasteiger partial charge in [0.25, 0.3) is 0 Å². The van der Waals surface area contributed by atoms with Crippen molar-refractivity contribution in [3.05, 3.63) is 6.20 Å².